The van der Waals surface area contributed by atoms with Crippen molar-refractivity contribution in [1.82, 2.24) is 10.2 Å². The van der Waals surface area contributed by atoms with Crippen LogP contribution in [-0.4, -0.2) is 30.4 Å². The first-order chi connectivity index (χ1) is 10.6. The van der Waals surface area contributed by atoms with Crippen molar-refractivity contribution in [1.29, 1.82) is 0 Å². The molecule has 4 heteroatoms. The van der Waals surface area contributed by atoms with Crippen LogP contribution in [-0.2, 0) is 17.9 Å². The molecule has 1 saturated heterocycles. The Labute approximate surface area is 134 Å². The molecule has 1 heterocycles. The predicted octanol–water partition coefficient (Wildman–Crippen LogP) is 2.13. The zero-order chi connectivity index (χ0) is 15.9. The van der Waals surface area contributed by atoms with Gasteiger partial charge in [-0.05, 0) is 43.0 Å². The molecule has 1 aliphatic rings. The Bertz CT molecular complexity index is 481. The van der Waals surface area contributed by atoms with Gasteiger partial charge in [-0.25, -0.2) is 0 Å². The molecule has 0 radical (unpaired) electrons. The van der Waals surface area contributed by atoms with Gasteiger partial charge in [0.2, 0.25) is 5.91 Å². The number of nitrogens with one attached hydrogen (secondary N) is 1. The highest BCUT2D eigenvalue weighted by molar-refractivity contribution is 5.78. The van der Waals surface area contributed by atoms with Gasteiger partial charge in [0.25, 0.3) is 0 Å². The fourth-order valence-corrected chi connectivity index (χ4v) is 2.79. The lowest BCUT2D eigenvalue weighted by Gasteiger charge is -2.30. The average Bonchev–Trinajstić information content (AvgIpc) is 2.54. The molecule has 1 atom stereocenters. The molecule has 0 aliphatic carbocycles. The highest BCUT2D eigenvalue weighted by Crippen LogP contribution is 2.18. The average molecular weight is 303 g/mol. The number of hydrogen-bond acceptors (Lipinski definition) is 3. The second-order valence-electron chi connectivity index (χ2n) is 6.63. The molecule has 0 bridgehead atoms. The minimum atomic E-state index is -0.126. The molecule has 1 unspecified atom stereocenters. The van der Waals surface area contributed by atoms with E-state index in [1.807, 2.05) is 6.92 Å². The van der Waals surface area contributed by atoms with Crippen molar-refractivity contribution in [3.8, 4) is 0 Å². The maximum Gasteiger partial charge on any atom is 0.224 e. The Morgan fingerprint density at radius 3 is 2.73 bits per heavy atom. The summed E-state index contributed by atoms with van der Waals surface area (Å²) < 4.78 is 0. The van der Waals surface area contributed by atoms with Gasteiger partial charge >= 0.3 is 0 Å². The maximum absolute atomic E-state index is 11.8. The number of benzene rings is 1. The molecular formula is C18H29N3O. The first-order valence-corrected chi connectivity index (χ1v) is 8.36. The van der Waals surface area contributed by atoms with E-state index >= 15 is 0 Å². The zero-order valence-electron chi connectivity index (χ0n) is 13.8. The molecule has 122 valence electrons. The van der Waals surface area contributed by atoms with Crippen molar-refractivity contribution in [3.63, 3.8) is 0 Å². The van der Waals surface area contributed by atoms with Crippen LogP contribution < -0.4 is 11.1 Å². The van der Waals surface area contributed by atoms with Crippen LogP contribution in [0, 0.1) is 11.8 Å². The smallest absolute Gasteiger partial charge is 0.224 e. The molecule has 3 N–H and O–H groups in total. The summed E-state index contributed by atoms with van der Waals surface area (Å²) in [5.74, 6) is 0.763. The van der Waals surface area contributed by atoms with Crippen LogP contribution in [0.3, 0.4) is 0 Å². The number of likely N-dealkylation sites (tertiary alicyclic amines) is 1. The Balaban J connectivity index is 1.85. The number of carbonyl (C=O) groups is 1. The summed E-state index contributed by atoms with van der Waals surface area (Å²) >= 11 is 0. The normalized spacial score (nSPS) is 18.1. The van der Waals surface area contributed by atoms with E-state index in [1.54, 1.807) is 0 Å². The fourth-order valence-electron chi connectivity index (χ4n) is 2.79. The van der Waals surface area contributed by atoms with Gasteiger partial charge < -0.3 is 11.1 Å². The molecule has 0 aromatic heterocycles. The third-order valence-electron chi connectivity index (χ3n) is 4.54. The minimum Gasteiger partial charge on any atom is -0.352 e. The van der Waals surface area contributed by atoms with Gasteiger partial charge in [0.05, 0.1) is 0 Å². The Morgan fingerprint density at radius 2 is 2.05 bits per heavy atom. The molecule has 0 saturated carbocycles. The van der Waals surface area contributed by atoms with Crippen molar-refractivity contribution in [2.24, 2.45) is 17.6 Å². The van der Waals surface area contributed by atoms with Crippen LogP contribution in [0.2, 0.25) is 0 Å². The molecule has 1 aliphatic heterocycles. The topological polar surface area (TPSA) is 58.4 Å². The van der Waals surface area contributed by atoms with Gasteiger partial charge in [-0.2, -0.15) is 0 Å². The largest absolute Gasteiger partial charge is 0.352 e. The van der Waals surface area contributed by atoms with E-state index in [0.717, 1.165) is 18.0 Å². The van der Waals surface area contributed by atoms with Crippen molar-refractivity contribution in [3.05, 3.63) is 35.4 Å². The minimum absolute atomic E-state index is 0.0259. The van der Waals surface area contributed by atoms with E-state index < -0.39 is 0 Å². The summed E-state index contributed by atoms with van der Waals surface area (Å²) in [7, 11) is 0. The third kappa shape index (κ3) is 5.11. The van der Waals surface area contributed by atoms with Crippen molar-refractivity contribution < 1.29 is 4.79 Å². The summed E-state index contributed by atoms with van der Waals surface area (Å²) in [5.41, 5.74) is 7.99. The van der Waals surface area contributed by atoms with Crippen molar-refractivity contribution in [2.75, 3.05) is 19.6 Å². The highest BCUT2D eigenvalue weighted by atomic mass is 16.1. The zero-order valence-corrected chi connectivity index (χ0v) is 13.8. The number of carbonyl (C=O) groups excluding carboxylic acids is 1. The molecule has 1 amide bonds. The summed E-state index contributed by atoms with van der Waals surface area (Å²) in [4.78, 5) is 14.3. The lowest BCUT2D eigenvalue weighted by Crippen LogP contribution is -2.33. The van der Waals surface area contributed by atoms with E-state index in [0.29, 0.717) is 13.1 Å². The van der Waals surface area contributed by atoms with Gasteiger partial charge in [0.15, 0.2) is 0 Å². The van der Waals surface area contributed by atoms with Gasteiger partial charge in [0.1, 0.15) is 0 Å². The Hall–Kier alpha value is -1.39. The van der Waals surface area contributed by atoms with Crippen molar-refractivity contribution in [2.45, 2.75) is 39.8 Å². The second kappa shape index (κ2) is 8.30. The van der Waals surface area contributed by atoms with Gasteiger partial charge in [-0.3, -0.25) is 9.69 Å². The van der Waals surface area contributed by atoms with E-state index in [2.05, 4.69) is 41.4 Å². The molecule has 2 rings (SSSR count). The number of rotatable bonds is 6. The third-order valence-corrected chi connectivity index (χ3v) is 4.54. The number of amides is 1. The van der Waals surface area contributed by atoms with Crippen LogP contribution in [0.4, 0.5) is 0 Å². The lowest BCUT2D eigenvalue weighted by molar-refractivity contribution is -0.124. The summed E-state index contributed by atoms with van der Waals surface area (Å²) in [6.07, 6.45) is 2.60. The van der Waals surface area contributed by atoms with Crippen LogP contribution in [0.1, 0.15) is 37.8 Å². The summed E-state index contributed by atoms with van der Waals surface area (Å²) in [5, 5.41) is 2.95. The Kier molecular flexibility index (Phi) is 6.40. The molecular weight excluding hydrogens is 274 g/mol. The van der Waals surface area contributed by atoms with Gasteiger partial charge in [-0.1, -0.05) is 38.1 Å². The molecule has 1 aromatic carbocycles. The van der Waals surface area contributed by atoms with Crippen molar-refractivity contribution >= 4 is 5.91 Å². The SMILES string of the molecule is CC1CCN(Cc2cccc(CNC(=O)C(C)CN)c2)CC1. The standard InChI is InChI=1S/C18H29N3O/c1-14-6-8-21(9-7-14)13-17-5-3-4-16(10-17)12-20-18(22)15(2)11-19/h3-5,10,14-15H,6-9,11-13,19H2,1-2H3,(H,20,22). The molecule has 4 nitrogen and oxygen atoms in total. The number of nitrogens with zero attached hydrogens (tertiary/aromatic N) is 1. The molecule has 1 aromatic rings. The number of nitrogens with two attached hydrogens (primary N) is 1. The Morgan fingerprint density at radius 1 is 1.36 bits per heavy atom. The fraction of sp³-hybridized carbons (Fsp3) is 0.611. The lowest BCUT2D eigenvalue weighted by atomic mass is 9.98. The van der Waals surface area contributed by atoms with Gasteiger partial charge in [-0.15, -0.1) is 0 Å². The summed E-state index contributed by atoms with van der Waals surface area (Å²) in [6, 6.07) is 8.52. The predicted molar refractivity (Wildman–Crippen MR) is 90.2 cm³/mol. The highest BCUT2D eigenvalue weighted by Gasteiger charge is 2.15. The molecule has 0 spiro atoms. The van der Waals surface area contributed by atoms with E-state index in [-0.39, 0.29) is 11.8 Å². The molecule has 22 heavy (non-hydrogen) atoms. The van der Waals surface area contributed by atoms with Gasteiger partial charge in [0, 0.05) is 25.6 Å². The maximum atomic E-state index is 11.8. The van der Waals surface area contributed by atoms with E-state index in [9.17, 15) is 4.79 Å². The van der Waals surface area contributed by atoms with Crippen LogP contribution in [0.5, 0.6) is 0 Å². The monoisotopic (exact) mass is 303 g/mol. The molecule has 1 fully saturated rings. The first-order valence-electron chi connectivity index (χ1n) is 8.36. The number of hydrogen-bond donors (Lipinski definition) is 2. The quantitative estimate of drug-likeness (QED) is 0.846. The van der Waals surface area contributed by atoms with E-state index in [4.69, 9.17) is 5.73 Å². The van der Waals surface area contributed by atoms with E-state index in [1.165, 1.54) is 31.5 Å². The van der Waals surface area contributed by atoms with Crippen LogP contribution in [0.25, 0.3) is 0 Å². The number of piperidine rings is 1. The second-order valence-corrected chi connectivity index (χ2v) is 6.63. The summed E-state index contributed by atoms with van der Waals surface area (Å²) in [6.45, 7) is 8.54. The van der Waals surface area contributed by atoms with Crippen LogP contribution >= 0.6 is 0 Å². The first kappa shape index (κ1) is 17.0. The van der Waals surface area contributed by atoms with Crippen LogP contribution in [0.15, 0.2) is 24.3 Å².